The van der Waals surface area contributed by atoms with Crippen LogP contribution in [0.3, 0.4) is 0 Å². The fraction of sp³-hybridized carbons (Fsp3) is 0.750. The molecule has 1 atom stereocenters. The van der Waals surface area contributed by atoms with Gasteiger partial charge in [-0.15, -0.1) is 0 Å². The van der Waals surface area contributed by atoms with E-state index < -0.39 is 42.8 Å². The SMILES string of the molecule is CCOC(=O)C(N)CC(F)(F)CCNC(=O)CNC(=O)OC. The van der Waals surface area contributed by atoms with Crippen molar-refractivity contribution in [3.63, 3.8) is 0 Å². The number of alkyl halides is 2. The van der Waals surface area contributed by atoms with Crippen LogP contribution in [-0.4, -0.2) is 56.7 Å². The fourth-order valence-electron chi connectivity index (χ4n) is 1.43. The molecule has 0 saturated carbocycles. The predicted molar refractivity (Wildman–Crippen MR) is 72.2 cm³/mol. The fourth-order valence-corrected chi connectivity index (χ4v) is 1.43. The number of hydrogen-bond donors (Lipinski definition) is 3. The van der Waals surface area contributed by atoms with E-state index in [9.17, 15) is 23.2 Å². The number of nitrogens with two attached hydrogens (primary N) is 1. The van der Waals surface area contributed by atoms with Crippen molar-refractivity contribution in [2.24, 2.45) is 5.73 Å². The van der Waals surface area contributed by atoms with E-state index in [1.165, 1.54) is 0 Å². The molecule has 128 valence electrons. The van der Waals surface area contributed by atoms with Gasteiger partial charge in [0.25, 0.3) is 5.92 Å². The largest absolute Gasteiger partial charge is 0.465 e. The molecule has 0 spiro atoms. The molecule has 0 rings (SSSR count). The van der Waals surface area contributed by atoms with Gasteiger partial charge in [0, 0.05) is 19.4 Å². The molecule has 0 aliphatic carbocycles. The first kappa shape index (κ1) is 20.0. The lowest BCUT2D eigenvalue weighted by atomic mass is 10.1. The second kappa shape index (κ2) is 9.87. The number of halogens is 2. The van der Waals surface area contributed by atoms with Gasteiger partial charge in [-0.25, -0.2) is 13.6 Å². The van der Waals surface area contributed by atoms with Crippen LogP contribution in [0.25, 0.3) is 0 Å². The molecule has 0 aliphatic rings. The summed E-state index contributed by atoms with van der Waals surface area (Å²) in [6.45, 7) is 0.882. The Morgan fingerprint density at radius 2 is 1.91 bits per heavy atom. The Kier molecular flexibility index (Phi) is 8.99. The summed E-state index contributed by atoms with van der Waals surface area (Å²) >= 11 is 0. The molecule has 0 fully saturated rings. The number of carbonyl (C=O) groups is 3. The van der Waals surface area contributed by atoms with Crippen LogP contribution in [-0.2, 0) is 19.1 Å². The predicted octanol–water partition coefficient (Wildman–Crippen LogP) is -0.235. The van der Waals surface area contributed by atoms with E-state index in [1.807, 2.05) is 0 Å². The molecule has 8 nitrogen and oxygen atoms in total. The third-order valence-corrected chi connectivity index (χ3v) is 2.50. The van der Waals surface area contributed by atoms with Crippen LogP contribution in [0.2, 0.25) is 0 Å². The molecule has 22 heavy (non-hydrogen) atoms. The van der Waals surface area contributed by atoms with E-state index in [4.69, 9.17) is 5.73 Å². The maximum atomic E-state index is 13.6. The Bertz CT molecular complexity index is 393. The van der Waals surface area contributed by atoms with Crippen molar-refractivity contribution < 1.29 is 32.6 Å². The molecule has 0 aliphatic heterocycles. The molecule has 0 saturated heterocycles. The Morgan fingerprint density at radius 1 is 1.27 bits per heavy atom. The summed E-state index contributed by atoms with van der Waals surface area (Å²) in [5.74, 6) is -4.76. The van der Waals surface area contributed by atoms with E-state index in [0.717, 1.165) is 7.11 Å². The molecule has 4 N–H and O–H groups in total. The third kappa shape index (κ3) is 9.06. The molecular formula is C12H21F2N3O5. The number of methoxy groups -OCH3 is 1. The summed E-state index contributed by atoms with van der Waals surface area (Å²) in [5.41, 5.74) is 5.31. The average Bonchev–Trinajstić information content (AvgIpc) is 2.44. The smallest absolute Gasteiger partial charge is 0.407 e. The number of hydrogen-bond acceptors (Lipinski definition) is 6. The molecule has 1 unspecified atom stereocenters. The van der Waals surface area contributed by atoms with Gasteiger partial charge in [-0.2, -0.15) is 0 Å². The monoisotopic (exact) mass is 325 g/mol. The number of esters is 1. The number of ether oxygens (including phenoxy) is 2. The van der Waals surface area contributed by atoms with Gasteiger partial charge in [0.05, 0.1) is 20.3 Å². The van der Waals surface area contributed by atoms with Gasteiger partial charge in [0.2, 0.25) is 5.91 Å². The van der Waals surface area contributed by atoms with Crippen molar-refractivity contribution in [2.75, 3.05) is 26.8 Å². The highest BCUT2D eigenvalue weighted by atomic mass is 19.3. The van der Waals surface area contributed by atoms with Crippen molar-refractivity contribution in [3.8, 4) is 0 Å². The maximum Gasteiger partial charge on any atom is 0.407 e. The zero-order chi connectivity index (χ0) is 17.2. The van der Waals surface area contributed by atoms with Gasteiger partial charge < -0.3 is 25.8 Å². The minimum absolute atomic E-state index is 0.0569. The number of carbonyl (C=O) groups excluding carboxylic acids is 3. The molecule has 0 aromatic carbocycles. The summed E-state index contributed by atoms with van der Waals surface area (Å²) in [5, 5.41) is 4.30. The standard InChI is InChI=1S/C12H21F2N3O5/c1-3-22-10(19)8(15)6-12(13,14)4-5-16-9(18)7-17-11(20)21-2/h8H,3-7,15H2,1-2H3,(H,16,18)(H,17,20). The number of amides is 2. The van der Waals surface area contributed by atoms with Gasteiger partial charge in [-0.1, -0.05) is 0 Å². The van der Waals surface area contributed by atoms with Crippen molar-refractivity contribution >= 4 is 18.0 Å². The molecule has 0 heterocycles. The Labute approximate surface area is 126 Å². The zero-order valence-electron chi connectivity index (χ0n) is 12.5. The van der Waals surface area contributed by atoms with E-state index in [0.29, 0.717) is 0 Å². The lowest BCUT2D eigenvalue weighted by Crippen LogP contribution is -2.41. The van der Waals surface area contributed by atoms with Crippen LogP contribution in [0.15, 0.2) is 0 Å². The lowest BCUT2D eigenvalue weighted by molar-refractivity contribution is -0.147. The molecular weight excluding hydrogens is 304 g/mol. The van der Waals surface area contributed by atoms with Crippen molar-refractivity contribution in [2.45, 2.75) is 31.7 Å². The number of nitrogens with one attached hydrogen (secondary N) is 2. The van der Waals surface area contributed by atoms with E-state index in [1.54, 1.807) is 6.92 Å². The second-order valence-electron chi connectivity index (χ2n) is 4.36. The van der Waals surface area contributed by atoms with Gasteiger partial charge in [-0.05, 0) is 6.92 Å². The Hall–Kier alpha value is -1.97. The second-order valence-corrected chi connectivity index (χ2v) is 4.36. The minimum Gasteiger partial charge on any atom is -0.465 e. The first-order chi connectivity index (χ1) is 10.2. The highest BCUT2D eigenvalue weighted by Gasteiger charge is 2.34. The Morgan fingerprint density at radius 3 is 2.45 bits per heavy atom. The molecule has 0 radical (unpaired) electrons. The quantitative estimate of drug-likeness (QED) is 0.504. The highest BCUT2D eigenvalue weighted by molar-refractivity contribution is 5.82. The molecule has 2 amide bonds. The number of rotatable bonds is 9. The first-order valence-electron chi connectivity index (χ1n) is 6.60. The van der Waals surface area contributed by atoms with Gasteiger partial charge in [0.15, 0.2) is 0 Å². The van der Waals surface area contributed by atoms with E-state index >= 15 is 0 Å². The van der Waals surface area contributed by atoms with Gasteiger partial charge in [-0.3, -0.25) is 9.59 Å². The molecule has 0 aromatic heterocycles. The molecule has 0 bridgehead atoms. The van der Waals surface area contributed by atoms with E-state index in [2.05, 4.69) is 20.1 Å². The van der Waals surface area contributed by atoms with Crippen LogP contribution in [0.4, 0.5) is 13.6 Å². The summed E-state index contributed by atoms with van der Waals surface area (Å²) in [4.78, 5) is 33.1. The van der Waals surface area contributed by atoms with Gasteiger partial charge in [0.1, 0.15) is 6.04 Å². The van der Waals surface area contributed by atoms with Crippen molar-refractivity contribution in [1.29, 1.82) is 0 Å². The minimum atomic E-state index is -3.23. The summed E-state index contributed by atoms with van der Waals surface area (Å²) in [6.07, 6.45) is -2.37. The Balaban J connectivity index is 4.04. The maximum absolute atomic E-state index is 13.6. The van der Waals surface area contributed by atoms with Crippen LogP contribution in [0.5, 0.6) is 0 Å². The summed E-state index contributed by atoms with van der Waals surface area (Å²) < 4.78 is 35.9. The highest BCUT2D eigenvalue weighted by Crippen LogP contribution is 2.23. The van der Waals surface area contributed by atoms with Crippen molar-refractivity contribution in [3.05, 3.63) is 0 Å². The van der Waals surface area contributed by atoms with Crippen LogP contribution < -0.4 is 16.4 Å². The first-order valence-corrected chi connectivity index (χ1v) is 6.60. The topological polar surface area (TPSA) is 120 Å². The normalized spacial score (nSPS) is 12.2. The average molecular weight is 325 g/mol. The van der Waals surface area contributed by atoms with Gasteiger partial charge >= 0.3 is 12.1 Å². The summed E-state index contributed by atoms with van der Waals surface area (Å²) in [6, 6.07) is -1.42. The summed E-state index contributed by atoms with van der Waals surface area (Å²) in [7, 11) is 1.13. The zero-order valence-corrected chi connectivity index (χ0v) is 12.5. The van der Waals surface area contributed by atoms with Crippen LogP contribution in [0.1, 0.15) is 19.8 Å². The van der Waals surface area contributed by atoms with E-state index in [-0.39, 0.29) is 19.7 Å². The third-order valence-electron chi connectivity index (χ3n) is 2.50. The van der Waals surface area contributed by atoms with Crippen molar-refractivity contribution in [1.82, 2.24) is 10.6 Å². The lowest BCUT2D eigenvalue weighted by Gasteiger charge is -2.19. The van der Waals surface area contributed by atoms with Crippen LogP contribution in [0, 0.1) is 0 Å². The number of alkyl carbamates (subject to hydrolysis) is 1. The molecule has 10 heteroatoms. The molecule has 0 aromatic rings. The van der Waals surface area contributed by atoms with Crippen LogP contribution >= 0.6 is 0 Å².